The third kappa shape index (κ3) is 8.28. The molecule has 0 atom stereocenters. The van der Waals surface area contributed by atoms with Gasteiger partial charge >= 0.3 is 0 Å². The standard InChI is InChI=1S/C15H23N3O4S2.ClH/c16-24(20,21)14-3-1-13(2-4-14)22-9-10-23-11-15(19)18-12-5-7-17-8-6-12;/h1-4,12,17H,5-11H2,(H,18,19)(H2,16,20,21);1H. The number of rotatable bonds is 8. The van der Waals surface area contributed by atoms with Crippen LogP contribution in [0.2, 0.25) is 0 Å². The predicted octanol–water partition coefficient (Wildman–Crippen LogP) is 0.736. The average molecular weight is 410 g/mol. The summed E-state index contributed by atoms with van der Waals surface area (Å²) in [6, 6.07) is 6.23. The second-order valence-electron chi connectivity index (χ2n) is 5.51. The SMILES string of the molecule is Cl.NS(=O)(=O)c1ccc(OCCSCC(=O)NC2CCNCC2)cc1. The van der Waals surface area contributed by atoms with Crippen molar-refractivity contribution in [2.45, 2.75) is 23.8 Å². The zero-order valence-corrected chi connectivity index (χ0v) is 16.2. The highest BCUT2D eigenvalue weighted by Crippen LogP contribution is 2.15. The van der Waals surface area contributed by atoms with Crippen LogP contribution in [0.25, 0.3) is 0 Å². The van der Waals surface area contributed by atoms with Gasteiger partial charge in [0.15, 0.2) is 0 Å². The van der Waals surface area contributed by atoms with E-state index in [1.54, 1.807) is 12.1 Å². The number of primary sulfonamides is 1. The van der Waals surface area contributed by atoms with Crippen molar-refractivity contribution in [3.05, 3.63) is 24.3 Å². The number of halogens is 1. The first-order valence-electron chi connectivity index (χ1n) is 7.78. The van der Waals surface area contributed by atoms with Gasteiger partial charge in [0, 0.05) is 11.8 Å². The van der Waals surface area contributed by atoms with Crippen LogP contribution in [-0.4, -0.2) is 51.6 Å². The number of ether oxygens (including phenoxy) is 1. The molecule has 7 nitrogen and oxygen atoms in total. The van der Waals surface area contributed by atoms with Gasteiger partial charge in [-0.25, -0.2) is 13.6 Å². The molecule has 25 heavy (non-hydrogen) atoms. The van der Waals surface area contributed by atoms with Crippen molar-refractivity contribution in [1.29, 1.82) is 0 Å². The Morgan fingerprint density at radius 3 is 2.52 bits per heavy atom. The van der Waals surface area contributed by atoms with Gasteiger partial charge in [-0.2, -0.15) is 0 Å². The summed E-state index contributed by atoms with van der Waals surface area (Å²) in [6.07, 6.45) is 1.96. The zero-order valence-electron chi connectivity index (χ0n) is 13.8. The fourth-order valence-electron chi connectivity index (χ4n) is 2.34. The molecule has 0 spiro atoms. The van der Waals surface area contributed by atoms with Gasteiger partial charge in [-0.3, -0.25) is 4.79 Å². The van der Waals surface area contributed by atoms with E-state index in [2.05, 4.69) is 10.6 Å². The van der Waals surface area contributed by atoms with E-state index in [0.717, 1.165) is 25.9 Å². The maximum Gasteiger partial charge on any atom is 0.238 e. The van der Waals surface area contributed by atoms with Crippen LogP contribution in [0.15, 0.2) is 29.2 Å². The summed E-state index contributed by atoms with van der Waals surface area (Å²) < 4.78 is 27.8. The molecule has 1 aromatic carbocycles. The van der Waals surface area contributed by atoms with Crippen LogP contribution in [0, 0.1) is 0 Å². The number of amides is 1. The molecule has 10 heteroatoms. The van der Waals surface area contributed by atoms with Crippen LogP contribution in [0.4, 0.5) is 0 Å². The second kappa shape index (κ2) is 10.9. The Labute approximate surface area is 158 Å². The minimum atomic E-state index is -3.68. The van der Waals surface area contributed by atoms with E-state index in [1.165, 1.54) is 23.9 Å². The number of hydrogen-bond donors (Lipinski definition) is 3. The fourth-order valence-corrected chi connectivity index (χ4v) is 3.47. The summed E-state index contributed by atoms with van der Waals surface area (Å²) in [6.45, 7) is 2.35. The van der Waals surface area contributed by atoms with Crippen LogP contribution in [0.3, 0.4) is 0 Å². The molecule has 1 aliphatic rings. The highest BCUT2D eigenvalue weighted by atomic mass is 35.5. The summed E-state index contributed by atoms with van der Waals surface area (Å²) in [5.41, 5.74) is 0. The molecular weight excluding hydrogens is 386 g/mol. The number of carbonyl (C=O) groups is 1. The van der Waals surface area contributed by atoms with Gasteiger partial charge in [0.05, 0.1) is 17.3 Å². The van der Waals surface area contributed by atoms with Gasteiger partial charge < -0.3 is 15.4 Å². The van der Waals surface area contributed by atoms with Gasteiger partial charge in [0.2, 0.25) is 15.9 Å². The van der Waals surface area contributed by atoms with E-state index in [1.807, 2.05) is 0 Å². The lowest BCUT2D eigenvalue weighted by Gasteiger charge is -2.23. The van der Waals surface area contributed by atoms with E-state index in [9.17, 15) is 13.2 Å². The van der Waals surface area contributed by atoms with E-state index < -0.39 is 10.0 Å². The Morgan fingerprint density at radius 2 is 1.92 bits per heavy atom. The quantitative estimate of drug-likeness (QED) is 0.546. The number of carbonyl (C=O) groups excluding carboxylic acids is 1. The lowest BCUT2D eigenvalue weighted by Crippen LogP contribution is -2.43. The predicted molar refractivity (Wildman–Crippen MR) is 102 cm³/mol. The molecule has 0 radical (unpaired) electrons. The Hall–Kier alpha value is -1.00. The third-order valence-electron chi connectivity index (χ3n) is 3.59. The summed E-state index contributed by atoms with van der Waals surface area (Å²) >= 11 is 1.51. The topological polar surface area (TPSA) is 111 Å². The van der Waals surface area contributed by atoms with Crippen molar-refractivity contribution in [2.75, 3.05) is 31.2 Å². The molecule has 0 saturated carbocycles. The number of nitrogens with one attached hydrogen (secondary N) is 2. The Morgan fingerprint density at radius 1 is 1.28 bits per heavy atom. The Kier molecular flexibility index (Phi) is 9.58. The lowest BCUT2D eigenvalue weighted by molar-refractivity contribution is -0.119. The molecule has 1 aromatic rings. The van der Waals surface area contributed by atoms with Crippen molar-refractivity contribution in [2.24, 2.45) is 5.14 Å². The lowest BCUT2D eigenvalue weighted by atomic mass is 10.1. The number of sulfonamides is 1. The summed E-state index contributed by atoms with van der Waals surface area (Å²) in [7, 11) is -3.68. The summed E-state index contributed by atoms with van der Waals surface area (Å²) in [4.78, 5) is 11.9. The van der Waals surface area contributed by atoms with Crippen LogP contribution in [-0.2, 0) is 14.8 Å². The number of thioether (sulfide) groups is 1. The number of hydrogen-bond acceptors (Lipinski definition) is 6. The van der Waals surface area contributed by atoms with Crippen molar-refractivity contribution >= 4 is 40.1 Å². The summed E-state index contributed by atoms with van der Waals surface area (Å²) in [5, 5.41) is 11.3. The largest absolute Gasteiger partial charge is 0.493 e. The molecule has 4 N–H and O–H groups in total. The minimum absolute atomic E-state index is 0. The summed E-state index contributed by atoms with van der Waals surface area (Å²) in [5.74, 6) is 1.72. The van der Waals surface area contributed by atoms with E-state index in [0.29, 0.717) is 23.9 Å². The molecular formula is C15H24ClN3O4S2. The maximum absolute atomic E-state index is 11.8. The van der Waals surface area contributed by atoms with Crippen LogP contribution in [0.1, 0.15) is 12.8 Å². The van der Waals surface area contributed by atoms with Crippen LogP contribution in [0.5, 0.6) is 5.75 Å². The third-order valence-corrected chi connectivity index (χ3v) is 5.44. The number of benzene rings is 1. The molecule has 0 unspecified atom stereocenters. The molecule has 2 rings (SSSR count). The first-order valence-corrected chi connectivity index (χ1v) is 10.5. The van der Waals surface area contributed by atoms with E-state index in [-0.39, 0.29) is 29.3 Å². The van der Waals surface area contributed by atoms with Crippen molar-refractivity contribution < 1.29 is 17.9 Å². The average Bonchev–Trinajstić information content (AvgIpc) is 2.55. The smallest absolute Gasteiger partial charge is 0.238 e. The molecule has 0 aromatic heterocycles. The van der Waals surface area contributed by atoms with Crippen LogP contribution < -0.4 is 20.5 Å². The molecule has 0 aliphatic carbocycles. The number of piperidine rings is 1. The molecule has 0 bridgehead atoms. The first-order chi connectivity index (χ1) is 11.4. The zero-order chi connectivity index (χ0) is 17.4. The highest BCUT2D eigenvalue weighted by molar-refractivity contribution is 7.99. The Bertz CT molecular complexity index is 635. The normalized spacial score (nSPS) is 15.2. The van der Waals surface area contributed by atoms with Gasteiger partial charge in [-0.05, 0) is 50.2 Å². The minimum Gasteiger partial charge on any atom is -0.493 e. The van der Waals surface area contributed by atoms with Gasteiger partial charge in [0.1, 0.15) is 5.75 Å². The monoisotopic (exact) mass is 409 g/mol. The van der Waals surface area contributed by atoms with Crippen molar-refractivity contribution in [3.63, 3.8) is 0 Å². The van der Waals surface area contributed by atoms with Gasteiger partial charge in [-0.15, -0.1) is 24.2 Å². The Balaban J connectivity index is 0.00000312. The van der Waals surface area contributed by atoms with Crippen molar-refractivity contribution in [1.82, 2.24) is 10.6 Å². The van der Waals surface area contributed by atoms with Gasteiger partial charge in [-0.1, -0.05) is 0 Å². The molecule has 1 amide bonds. The molecule has 1 aliphatic heterocycles. The van der Waals surface area contributed by atoms with Crippen molar-refractivity contribution in [3.8, 4) is 5.75 Å². The molecule has 1 heterocycles. The first kappa shape index (κ1) is 22.0. The van der Waals surface area contributed by atoms with E-state index in [4.69, 9.17) is 9.88 Å². The van der Waals surface area contributed by atoms with E-state index >= 15 is 0 Å². The fraction of sp³-hybridized carbons (Fsp3) is 0.533. The number of nitrogens with two attached hydrogens (primary N) is 1. The maximum atomic E-state index is 11.8. The molecule has 142 valence electrons. The second-order valence-corrected chi connectivity index (χ2v) is 8.18. The molecule has 1 fully saturated rings. The van der Waals surface area contributed by atoms with Crippen LogP contribution >= 0.6 is 24.2 Å². The van der Waals surface area contributed by atoms with Gasteiger partial charge in [0.25, 0.3) is 0 Å². The highest BCUT2D eigenvalue weighted by Gasteiger charge is 2.15. The molecule has 1 saturated heterocycles.